The van der Waals surface area contributed by atoms with E-state index in [9.17, 15) is 4.79 Å². The van der Waals surface area contributed by atoms with Gasteiger partial charge in [-0.2, -0.15) is 0 Å². The van der Waals surface area contributed by atoms with Crippen LogP contribution in [0, 0.1) is 6.92 Å². The highest BCUT2D eigenvalue weighted by Crippen LogP contribution is 2.29. The second-order valence-corrected chi connectivity index (χ2v) is 6.63. The molecular weight excluding hydrogens is 396 g/mol. The van der Waals surface area contributed by atoms with E-state index >= 15 is 0 Å². The minimum absolute atomic E-state index is 0.205. The van der Waals surface area contributed by atoms with E-state index in [1.807, 2.05) is 54.6 Å². The maximum atomic E-state index is 12.2. The number of benzene rings is 2. The van der Waals surface area contributed by atoms with Gasteiger partial charge in [0, 0.05) is 10.0 Å². The molecule has 0 fully saturated rings. The molecule has 5 nitrogen and oxygen atoms in total. The van der Waals surface area contributed by atoms with Crippen LogP contribution in [0.25, 0.3) is 17.3 Å². The van der Waals surface area contributed by atoms with Crippen LogP contribution in [0.4, 0.5) is 0 Å². The summed E-state index contributed by atoms with van der Waals surface area (Å²) in [6, 6.07) is 17.1. The zero-order chi connectivity index (χ0) is 18.1. The van der Waals surface area contributed by atoms with Gasteiger partial charge in [-0.3, -0.25) is 0 Å². The number of aryl methyl sites for hydroxylation is 1. The SMILES string of the molecule is Cc1onc(-c2ccccc2)c1C1=N/C(=C/c2ccc(Br)cc2)C(=O)O1. The second-order valence-electron chi connectivity index (χ2n) is 5.72. The molecule has 2 aromatic carbocycles. The van der Waals surface area contributed by atoms with Crippen LogP contribution in [0.5, 0.6) is 0 Å². The molecule has 0 aliphatic carbocycles. The number of esters is 1. The van der Waals surface area contributed by atoms with Gasteiger partial charge in [-0.05, 0) is 30.7 Å². The van der Waals surface area contributed by atoms with Crippen LogP contribution in [-0.2, 0) is 9.53 Å². The Morgan fingerprint density at radius 3 is 2.50 bits per heavy atom. The minimum Gasteiger partial charge on any atom is -0.402 e. The summed E-state index contributed by atoms with van der Waals surface area (Å²) in [4.78, 5) is 16.6. The van der Waals surface area contributed by atoms with Gasteiger partial charge in [0.25, 0.3) is 0 Å². The molecule has 3 aromatic rings. The minimum atomic E-state index is -0.498. The molecule has 6 heteroatoms. The Labute approximate surface area is 158 Å². The first-order chi connectivity index (χ1) is 12.6. The van der Waals surface area contributed by atoms with Crippen molar-refractivity contribution in [1.82, 2.24) is 5.16 Å². The second kappa shape index (κ2) is 6.72. The van der Waals surface area contributed by atoms with Crippen molar-refractivity contribution < 1.29 is 14.1 Å². The van der Waals surface area contributed by atoms with Gasteiger partial charge in [-0.1, -0.05) is 63.6 Å². The third kappa shape index (κ3) is 3.11. The molecule has 1 aliphatic rings. The highest BCUT2D eigenvalue weighted by Gasteiger charge is 2.30. The summed E-state index contributed by atoms with van der Waals surface area (Å²) in [7, 11) is 0. The molecule has 0 saturated heterocycles. The highest BCUT2D eigenvalue weighted by molar-refractivity contribution is 9.10. The summed E-state index contributed by atoms with van der Waals surface area (Å²) in [5.74, 6) is 0.249. The lowest BCUT2D eigenvalue weighted by atomic mass is 10.1. The first kappa shape index (κ1) is 16.5. The number of halogens is 1. The third-order valence-corrected chi connectivity index (χ3v) is 4.45. The lowest BCUT2D eigenvalue weighted by molar-refractivity contribution is -0.129. The van der Waals surface area contributed by atoms with Gasteiger partial charge < -0.3 is 9.26 Å². The zero-order valence-electron chi connectivity index (χ0n) is 13.8. The summed E-state index contributed by atoms with van der Waals surface area (Å²) < 4.78 is 11.7. The van der Waals surface area contributed by atoms with Crippen LogP contribution in [0.3, 0.4) is 0 Å². The summed E-state index contributed by atoms with van der Waals surface area (Å²) in [5.41, 5.74) is 3.14. The van der Waals surface area contributed by atoms with Crippen molar-refractivity contribution in [3.8, 4) is 11.3 Å². The molecule has 0 spiro atoms. The fraction of sp³-hybridized carbons (Fsp3) is 0.0500. The van der Waals surface area contributed by atoms with Crippen LogP contribution in [0.15, 0.2) is 74.3 Å². The van der Waals surface area contributed by atoms with Gasteiger partial charge in [0.1, 0.15) is 17.0 Å². The number of rotatable bonds is 3. The molecule has 0 saturated carbocycles. The maximum absolute atomic E-state index is 12.2. The van der Waals surface area contributed by atoms with E-state index in [1.165, 1.54) is 0 Å². The van der Waals surface area contributed by atoms with Gasteiger partial charge in [-0.15, -0.1) is 0 Å². The number of cyclic esters (lactones) is 1. The molecule has 0 amide bonds. The van der Waals surface area contributed by atoms with Crippen LogP contribution in [0.2, 0.25) is 0 Å². The quantitative estimate of drug-likeness (QED) is 0.462. The number of aromatic nitrogens is 1. The van der Waals surface area contributed by atoms with Crippen molar-refractivity contribution in [1.29, 1.82) is 0 Å². The van der Waals surface area contributed by atoms with Crippen molar-refractivity contribution in [2.24, 2.45) is 4.99 Å². The number of hydrogen-bond acceptors (Lipinski definition) is 5. The molecule has 2 heterocycles. The Morgan fingerprint density at radius 1 is 1.04 bits per heavy atom. The Bertz CT molecular complexity index is 1030. The average molecular weight is 409 g/mol. The topological polar surface area (TPSA) is 64.7 Å². The fourth-order valence-electron chi connectivity index (χ4n) is 2.65. The van der Waals surface area contributed by atoms with Gasteiger partial charge >= 0.3 is 5.97 Å². The Hall–Kier alpha value is -2.99. The number of carbonyl (C=O) groups excluding carboxylic acids is 1. The third-order valence-electron chi connectivity index (χ3n) is 3.92. The number of hydrogen-bond donors (Lipinski definition) is 0. The van der Waals surface area contributed by atoms with Gasteiger partial charge in [0.2, 0.25) is 5.90 Å². The first-order valence-corrected chi connectivity index (χ1v) is 8.71. The van der Waals surface area contributed by atoms with Crippen molar-refractivity contribution in [2.45, 2.75) is 6.92 Å². The number of ether oxygens (including phenoxy) is 1. The van der Waals surface area contributed by atoms with E-state index in [-0.39, 0.29) is 11.6 Å². The lowest BCUT2D eigenvalue weighted by Crippen LogP contribution is -2.07. The Kier molecular flexibility index (Phi) is 4.26. The smallest absolute Gasteiger partial charge is 0.363 e. The van der Waals surface area contributed by atoms with Crippen molar-refractivity contribution in [2.75, 3.05) is 0 Å². The first-order valence-electron chi connectivity index (χ1n) is 7.92. The van der Waals surface area contributed by atoms with Crippen LogP contribution in [-0.4, -0.2) is 17.0 Å². The monoisotopic (exact) mass is 408 g/mol. The van der Waals surface area contributed by atoms with Crippen LogP contribution >= 0.6 is 15.9 Å². The normalized spacial score (nSPS) is 15.2. The molecule has 1 aromatic heterocycles. The van der Waals surface area contributed by atoms with E-state index in [0.717, 1.165) is 15.6 Å². The highest BCUT2D eigenvalue weighted by atomic mass is 79.9. The molecule has 0 unspecified atom stereocenters. The van der Waals surface area contributed by atoms with Crippen molar-refractivity contribution in [3.05, 3.63) is 81.7 Å². The largest absolute Gasteiger partial charge is 0.402 e. The number of nitrogens with zero attached hydrogens (tertiary/aromatic N) is 2. The van der Waals surface area contributed by atoms with E-state index in [1.54, 1.807) is 13.0 Å². The molecule has 0 radical (unpaired) electrons. The summed E-state index contributed by atoms with van der Waals surface area (Å²) in [6.45, 7) is 1.77. The van der Waals surface area contributed by atoms with E-state index in [0.29, 0.717) is 17.0 Å². The van der Waals surface area contributed by atoms with E-state index < -0.39 is 5.97 Å². The summed E-state index contributed by atoms with van der Waals surface area (Å²) >= 11 is 3.39. The zero-order valence-corrected chi connectivity index (χ0v) is 15.4. The average Bonchev–Trinajstić information content (AvgIpc) is 3.20. The maximum Gasteiger partial charge on any atom is 0.363 e. The van der Waals surface area contributed by atoms with Gasteiger partial charge in [0.15, 0.2) is 5.70 Å². The number of carbonyl (C=O) groups is 1. The standard InChI is InChI=1S/C20H13BrN2O3/c1-12-17(18(23-26-12)14-5-3-2-4-6-14)19-22-16(20(24)25-19)11-13-7-9-15(21)10-8-13/h2-11H,1H3/b16-11+. The van der Waals surface area contributed by atoms with Gasteiger partial charge in [0.05, 0.1) is 0 Å². The summed E-state index contributed by atoms with van der Waals surface area (Å²) in [6.07, 6.45) is 1.69. The molecule has 0 bridgehead atoms. The lowest BCUT2D eigenvalue weighted by Gasteiger charge is -2.01. The molecule has 1 aliphatic heterocycles. The fourth-order valence-corrected chi connectivity index (χ4v) is 2.91. The van der Waals surface area contributed by atoms with E-state index in [2.05, 4.69) is 26.1 Å². The van der Waals surface area contributed by atoms with Crippen LogP contribution in [0.1, 0.15) is 16.9 Å². The van der Waals surface area contributed by atoms with E-state index in [4.69, 9.17) is 9.26 Å². The van der Waals surface area contributed by atoms with Gasteiger partial charge in [-0.25, -0.2) is 9.79 Å². The van der Waals surface area contributed by atoms with Crippen molar-refractivity contribution >= 4 is 33.9 Å². The predicted molar refractivity (Wildman–Crippen MR) is 101 cm³/mol. The predicted octanol–water partition coefficient (Wildman–Crippen LogP) is 4.76. The Balaban J connectivity index is 1.75. The molecule has 0 atom stereocenters. The molecule has 4 rings (SSSR count). The Morgan fingerprint density at radius 2 is 1.77 bits per heavy atom. The molecule has 26 heavy (non-hydrogen) atoms. The molecular formula is C20H13BrN2O3. The van der Waals surface area contributed by atoms with Crippen molar-refractivity contribution in [3.63, 3.8) is 0 Å². The molecule has 0 N–H and O–H groups in total. The van der Waals surface area contributed by atoms with Crippen LogP contribution < -0.4 is 0 Å². The number of aliphatic imine (C=N–C) groups is 1. The summed E-state index contributed by atoms with van der Waals surface area (Å²) in [5, 5.41) is 4.10. The molecule has 128 valence electrons.